The molecule has 6 nitrogen and oxygen atoms in total. The highest BCUT2D eigenvalue weighted by atomic mass is 35.5. The maximum atomic E-state index is 13.4. The van der Waals surface area contributed by atoms with Gasteiger partial charge in [-0.2, -0.15) is 0 Å². The number of hydrogen-bond donors (Lipinski definition) is 1. The molecule has 2 amide bonds. The Balaban J connectivity index is 1.46. The second-order valence-corrected chi connectivity index (χ2v) is 9.16. The first-order valence-corrected chi connectivity index (χ1v) is 12.1. The lowest BCUT2D eigenvalue weighted by atomic mass is 10.1. The highest BCUT2D eigenvalue weighted by molar-refractivity contribution is 6.31. The van der Waals surface area contributed by atoms with Crippen LogP contribution in [-0.4, -0.2) is 42.0 Å². The molecule has 1 aliphatic carbocycles. The number of hydrogen-bond acceptors (Lipinski definition) is 4. The summed E-state index contributed by atoms with van der Waals surface area (Å²) in [5.41, 5.74) is 1.82. The molecule has 0 unspecified atom stereocenters. The SMILES string of the molecule is C[C@H](C(=O)NC1CCCC1)N(Cc1ccccc1Cl)C(=O)CCc1ccc2c(c1)OCCO2. The molecule has 2 aliphatic rings. The Morgan fingerprint density at radius 2 is 1.82 bits per heavy atom. The summed E-state index contributed by atoms with van der Waals surface area (Å²) in [5.74, 6) is 1.25. The van der Waals surface area contributed by atoms with E-state index in [0.29, 0.717) is 37.0 Å². The summed E-state index contributed by atoms with van der Waals surface area (Å²) in [7, 11) is 0. The van der Waals surface area contributed by atoms with Crippen molar-refractivity contribution in [3.05, 3.63) is 58.6 Å². The van der Waals surface area contributed by atoms with Gasteiger partial charge in [0.05, 0.1) is 0 Å². The molecular weight excluding hydrogens is 440 g/mol. The Kier molecular flexibility index (Phi) is 7.76. The Labute approximate surface area is 200 Å². The molecule has 1 N–H and O–H groups in total. The number of fused-ring (bicyclic) bond motifs is 1. The molecule has 0 saturated heterocycles. The van der Waals surface area contributed by atoms with Crippen LogP contribution in [0.1, 0.15) is 50.2 Å². The Morgan fingerprint density at radius 3 is 2.58 bits per heavy atom. The lowest BCUT2D eigenvalue weighted by Gasteiger charge is -2.30. The molecule has 0 aromatic heterocycles. The number of benzene rings is 2. The number of rotatable bonds is 8. The van der Waals surface area contributed by atoms with Gasteiger partial charge in [-0.1, -0.05) is 48.7 Å². The van der Waals surface area contributed by atoms with Crippen molar-refractivity contribution < 1.29 is 19.1 Å². The minimum atomic E-state index is -0.588. The monoisotopic (exact) mass is 470 g/mol. The van der Waals surface area contributed by atoms with Gasteiger partial charge in [0, 0.05) is 24.0 Å². The zero-order valence-electron chi connectivity index (χ0n) is 19.0. The first-order chi connectivity index (χ1) is 16.0. The van der Waals surface area contributed by atoms with Crippen molar-refractivity contribution in [2.75, 3.05) is 13.2 Å². The van der Waals surface area contributed by atoms with Gasteiger partial charge in [0.15, 0.2) is 11.5 Å². The van der Waals surface area contributed by atoms with Crippen LogP contribution in [0.4, 0.5) is 0 Å². The van der Waals surface area contributed by atoms with Crippen LogP contribution < -0.4 is 14.8 Å². The lowest BCUT2D eigenvalue weighted by Crippen LogP contribution is -2.49. The van der Waals surface area contributed by atoms with Crippen molar-refractivity contribution in [1.29, 1.82) is 0 Å². The van der Waals surface area contributed by atoms with Crippen LogP contribution in [0.25, 0.3) is 0 Å². The van der Waals surface area contributed by atoms with E-state index in [9.17, 15) is 9.59 Å². The number of halogens is 1. The normalized spacial score (nSPS) is 16.3. The molecule has 2 aromatic carbocycles. The lowest BCUT2D eigenvalue weighted by molar-refractivity contribution is -0.140. The van der Waals surface area contributed by atoms with Crippen LogP contribution in [0, 0.1) is 0 Å². The fraction of sp³-hybridized carbons (Fsp3) is 0.462. The average molecular weight is 471 g/mol. The van der Waals surface area contributed by atoms with Gasteiger partial charge in [-0.3, -0.25) is 9.59 Å². The van der Waals surface area contributed by atoms with E-state index in [1.807, 2.05) is 36.4 Å². The highest BCUT2D eigenvalue weighted by Crippen LogP contribution is 2.31. The zero-order chi connectivity index (χ0) is 23.2. The molecule has 0 radical (unpaired) electrons. The summed E-state index contributed by atoms with van der Waals surface area (Å²) in [5, 5.41) is 3.71. The summed E-state index contributed by atoms with van der Waals surface area (Å²) in [4.78, 5) is 28.0. The first kappa shape index (κ1) is 23.4. The third kappa shape index (κ3) is 5.99. The minimum Gasteiger partial charge on any atom is -0.486 e. The van der Waals surface area contributed by atoms with E-state index in [-0.39, 0.29) is 24.3 Å². The molecule has 0 bridgehead atoms. The zero-order valence-corrected chi connectivity index (χ0v) is 19.8. The van der Waals surface area contributed by atoms with Crippen molar-refractivity contribution in [3.63, 3.8) is 0 Å². The number of nitrogens with zero attached hydrogens (tertiary/aromatic N) is 1. The molecule has 0 spiro atoms. The van der Waals surface area contributed by atoms with Gasteiger partial charge in [0.2, 0.25) is 11.8 Å². The van der Waals surface area contributed by atoms with E-state index < -0.39 is 6.04 Å². The van der Waals surface area contributed by atoms with Crippen LogP contribution >= 0.6 is 11.6 Å². The van der Waals surface area contributed by atoms with E-state index in [0.717, 1.165) is 42.6 Å². The van der Waals surface area contributed by atoms with E-state index in [2.05, 4.69) is 5.32 Å². The smallest absolute Gasteiger partial charge is 0.242 e. The average Bonchev–Trinajstić information content (AvgIpc) is 3.34. The Morgan fingerprint density at radius 1 is 1.09 bits per heavy atom. The quantitative estimate of drug-likeness (QED) is 0.616. The summed E-state index contributed by atoms with van der Waals surface area (Å²) < 4.78 is 11.2. The highest BCUT2D eigenvalue weighted by Gasteiger charge is 2.28. The molecular formula is C26H31ClN2O4. The number of nitrogens with one attached hydrogen (secondary N) is 1. The molecule has 1 aliphatic heterocycles. The Hall–Kier alpha value is -2.73. The van der Waals surface area contributed by atoms with Gasteiger partial charge >= 0.3 is 0 Å². The van der Waals surface area contributed by atoms with Gasteiger partial charge in [0.25, 0.3) is 0 Å². The van der Waals surface area contributed by atoms with Crippen LogP contribution in [0.15, 0.2) is 42.5 Å². The fourth-order valence-electron chi connectivity index (χ4n) is 4.42. The van der Waals surface area contributed by atoms with Gasteiger partial charge < -0.3 is 19.7 Å². The second kappa shape index (κ2) is 10.9. The van der Waals surface area contributed by atoms with Crippen molar-refractivity contribution in [2.24, 2.45) is 0 Å². The van der Waals surface area contributed by atoms with Crippen LogP contribution in [-0.2, 0) is 22.6 Å². The van der Waals surface area contributed by atoms with E-state index in [1.54, 1.807) is 17.9 Å². The maximum Gasteiger partial charge on any atom is 0.242 e. The molecule has 7 heteroatoms. The third-order valence-corrected chi connectivity index (χ3v) is 6.77. The third-order valence-electron chi connectivity index (χ3n) is 6.40. The fourth-order valence-corrected chi connectivity index (χ4v) is 4.62. The summed E-state index contributed by atoms with van der Waals surface area (Å²) in [6.07, 6.45) is 5.10. The molecule has 4 rings (SSSR count). The predicted molar refractivity (Wildman–Crippen MR) is 128 cm³/mol. The van der Waals surface area contributed by atoms with Crippen LogP contribution in [0.3, 0.4) is 0 Å². The van der Waals surface area contributed by atoms with E-state index in [1.165, 1.54) is 0 Å². The van der Waals surface area contributed by atoms with Gasteiger partial charge in [-0.15, -0.1) is 0 Å². The maximum absolute atomic E-state index is 13.4. The first-order valence-electron chi connectivity index (χ1n) is 11.7. The van der Waals surface area contributed by atoms with Crippen molar-refractivity contribution in [3.8, 4) is 11.5 Å². The number of ether oxygens (including phenoxy) is 2. The van der Waals surface area contributed by atoms with Crippen LogP contribution in [0.2, 0.25) is 5.02 Å². The molecule has 1 heterocycles. The topological polar surface area (TPSA) is 67.9 Å². The van der Waals surface area contributed by atoms with E-state index in [4.69, 9.17) is 21.1 Å². The van der Waals surface area contributed by atoms with Crippen molar-refractivity contribution in [2.45, 2.75) is 64.1 Å². The van der Waals surface area contributed by atoms with Gasteiger partial charge in [-0.05, 0) is 55.5 Å². The molecule has 1 fully saturated rings. The summed E-state index contributed by atoms with van der Waals surface area (Å²) >= 11 is 6.37. The largest absolute Gasteiger partial charge is 0.486 e. The molecule has 2 aromatic rings. The van der Waals surface area contributed by atoms with E-state index >= 15 is 0 Å². The minimum absolute atomic E-state index is 0.0844. The number of amides is 2. The number of carbonyl (C=O) groups is 2. The van der Waals surface area contributed by atoms with Crippen LogP contribution in [0.5, 0.6) is 11.5 Å². The number of carbonyl (C=O) groups excluding carboxylic acids is 2. The predicted octanol–water partition coefficient (Wildman–Crippen LogP) is 4.52. The number of aryl methyl sites for hydroxylation is 1. The van der Waals surface area contributed by atoms with Crippen molar-refractivity contribution >= 4 is 23.4 Å². The van der Waals surface area contributed by atoms with Gasteiger partial charge in [-0.25, -0.2) is 0 Å². The second-order valence-electron chi connectivity index (χ2n) is 8.76. The molecule has 176 valence electrons. The standard InChI is InChI=1S/C26H31ClN2O4/c1-18(26(31)28-21-7-3-4-8-21)29(17-20-6-2-5-9-22(20)27)25(30)13-11-19-10-12-23-24(16-19)33-15-14-32-23/h2,5-6,9-10,12,16,18,21H,3-4,7-8,11,13-15,17H2,1H3,(H,28,31)/t18-/m1/s1. The molecule has 33 heavy (non-hydrogen) atoms. The molecule has 1 atom stereocenters. The Bertz CT molecular complexity index is 990. The molecule has 1 saturated carbocycles. The summed E-state index contributed by atoms with van der Waals surface area (Å²) in [6, 6.07) is 12.8. The van der Waals surface area contributed by atoms with Gasteiger partial charge in [0.1, 0.15) is 19.3 Å². The van der Waals surface area contributed by atoms with Crippen molar-refractivity contribution in [1.82, 2.24) is 10.2 Å². The summed E-state index contributed by atoms with van der Waals surface area (Å²) in [6.45, 7) is 3.15.